The van der Waals surface area contributed by atoms with Crippen molar-refractivity contribution in [2.75, 3.05) is 0 Å². The number of sulfonamides is 1. The van der Waals surface area contributed by atoms with Gasteiger partial charge in [0.15, 0.2) is 0 Å². The molecule has 0 saturated heterocycles. The first-order valence-electron chi connectivity index (χ1n) is 5.71. The molecule has 0 aliphatic heterocycles. The molecule has 1 aliphatic rings. The van der Waals surface area contributed by atoms with E-state index in [1.165, 1.54) is 24.9 Å². The largest absolute Gasteiger partial charge is 0.263 e. The van der Waals surface area contributed by atoms with Crippen LogP contribution in [0, 0.1) is 0 Å². The van der Waals surface area contributed by atoms with Gasteiger partial charge < -0.3 is 0 Å². The van der Waals surface area contributed by atoms with E-state index in [-0.39, 0.29) is 16.0 Å². The molecule has 1 saturated carbocycles. The number of pyridine rings is 1. The molecule has 1 aromatic heterocycles. The van der Waals surface area contributed by atoms with Gasteiger partial charge in [-0.25, -0.2) is 13.1 Å². The predicted octanol–water partition coefficient (Wildman–Crippen LogP) is 2.35. The lowest BCUT2D eigenvalue weighted by molar-refractivity contribution is 0.412. The maximum Gasteiger partial charge on any atom is 0.243 e. The standard InChI is InChI=1S/C11H15ClN2O2S/c12-10-6-7-13-8-11(10)17(15,16)14-9-4-2-1-3-5-9/h6-9,14H,1-5H2. The van der Waals surface area contributed by atoms with E-state index in [1.54, 1.807) is 0 Å². The molecule has 1 fully saturated rings. The Morgan fingerprint density at radius 2 is 2.00 bits per heavy atom. The summed E-state index contributed by atoms with van der Waals surface area (Å²) < 4.78 is 26.9. The van der Waals surface area contributed by atoms with Crippen molar-refractivity contribution in [2.45, 2.75) is 43.0 Å². The number of hydrogen-bond donors (Lipinski definition) is 1. The van der Waals surface area contributed by atoms with E-state index >= 15 is 0 Å². The zero-order valence-electron chi connectivity index (χ0n) is 9.39. The maximum absolute atomic E-state index is 12.1. The molecular weight excluding hydrogens is 260 g/mol. The average molecular weight is 275 g/mol. The number of rotatable bonds is 3. The molecule has 17 heavy (non-hydrogen) atoms. The molecule has 94 valence electrons. The SMILES string of the molecule is O=S(=O)(NC1CCCCC1)c1cnccc1Cl. The Hall–Kier alpha value is -0.650. The molecule has 0 radical (unpaired) electrons. The van der Waals surface area contributed by atoms with E-state index in [4.69, 9.17) is 11.6 Å². The van der Waals surface area contributed by atoms with Crippen molar-refractivity contribution in [3.05, 3.63) is 23.5 Å². The molecule has 0 amide bonds. The Morgan fingerprint density at radius 1 is 1.29 bits per heavy atom. The molecule has 0 spiro atoms. The van der Waals surface area contributed by atoms with Crippen LogP contribution in [-0.4, -0.2) is 19.4 Å². The lowest BCUT2D eigenvalue weighted by Gasteiger charge is -2.22. The third-order valence-corrected chi connectivity index (χ3v) is 4.94. The Morgan fingerprint density at radius 3 is 2.65 bits per heavy atom. The fourth-order valence-corrected chi connectivity index (χ4v) is 3.80. The molecule has 1 aliphatic carbocycles. The summed E-state index contributed by atoms with van der Waals surface area (Å²) in [5.41, 5.74) is 0. The molecule has 0 aromatic carbocycles. The summed E-state index contributed by atoms with van der Waals surface area (Å²) in [6.45, 7) is 0. The van der Waals surface area contributed by atoms with Crippen LogP contribution in [0.15, 0.2) is 23.4 Å². The van der Waals surface area contributed by atoms with Crippen LogP contribution in [0.5, 0.6) is 0 Å². The van der Waals surface area contributed by atoms with Gasteiger partial charge in [0.2, 0.25) is 10.0 Å². The van der Waals surface area contributed by atoms with Gasteiger partial charge in [-0.3, -0.25) is 4.98 Å². The van der Waals surface area contributed by atoms with Crippen LogP contribution in [-0.2, 0) is 10.0 Å². The third kappa shape index (κ3) is 3.18. The van der Waals surface area contributed by atoms with Crippen LogP contribution in [0.25, 0.3) is 0 Å². The van der Waals surface area contributed by atoms with Crippen LogP contribution >= 0.6 is 11.6 Å². The van der Waals surface area contributed by atoms with Crippen molar-refractivity contribution in [3.63, 3.8) is 0 Å². The van der Waals surface area contributed by atoms with Crippen LogP contribution in [0.3, 0.4) is 0 Å². The lowest BCUT2D eigenvalue weighted by atomic mass is 9.96. The van der Waals surface area contributed by atoms with Crippen molar-refractivity contribution in [1.82, 2.24) is 9.71 Å². The van der Waals surface area contributed by atoms with Crippen LogP contribution in [0.1, 0.15) is 32.1 Å². The van der Waals surface area contributed by atoms with Crippen LogP contribution < -0.4 is 4.72 Å². The predicted molar refractivity (Wildman–Crippen MR) is 66.4 cm³/mol. The fraction of sp³-hybridized carbons (Fsp3) is 0.545. The first-order chi connectivity index (χ1) is 8.09. The summed E-state index contributed by atoms with van der Waals surface area (Å²) >= 11 is 5.87. The Kier molecular flexibility index (Phi) is 4.01. The summed E-state index contributed by atoms with van der Waals surface area (Å²) in [5, 5.41) is 0.211. The molecule has 1 N–H and O–H groups in total. The molecule has 1 heterocycles. The highest BCUT2D eigenvalue weighted by molar-refractivity contribution is 7.89. The molecule has 4 nitrogen and oxygen atoms in total. The Balaban J connectivity index is 2.16. The van der Waals surface area contributed by atoms with Gasteiger partial charge in [0.25, 0.3) is 0 Å². The summed E-state index contributed by atoms with van der Waals surface area (Å²) in [6, 6.07) is 1.52. The van der Waals surface area contributed by atoms with Gasteiger partial charge in [-0.15, -0.1) is 0 Å². The smallest absolute Gasteiger partial charge is 0.243 e. The van der Waals surface area contributed by atoms with E-state index in [0.717, 1.165) is 25.7 Å². The Labute approximate surface area is 106 Å². The van der Waals surface area contributed by atoms with Gasteiger partial charge in [0, 0.05) is 18.4 Å². The molecule has 0 bridgehead atoms. The zero-order chi connectivity index (χ0) is 12.3. The number of aromatic nitrogens is 1. The average Bonchev–Trinajstić information content (AvgIpc) is 2.30. The summed E-state index contributed by atoms with van der Waals surface area (Å²) in [5.74, 6) is 0. The quantitative estimate of drug-likeness (QED) is 0.920. The summed E-state index contributed by atoms with van der Waals surface area (Å²) in [7, 11) is -3.54. The highest BCUT2D eigenvalue weighted by Gasteiger charge is 2.23. The van der Waals surface area contributed by atoms with E-state index in [0.29, 0.717) is 0 Å². The van der Waals surface area contributed by atoms with Gasteiger partial charge in [-0.2, -0.15) is 0 Å². The van der Waals surface area contributed by atoms with Crippen molar-refractivity contribution in [1.29, 1.82) is 0 Å². The second-order valence-electron chi connectivity index (χ2n) is 4.26. The normalized spacial score (nSPS) is 18.2. The van der Waals surface area contributed by atoms with E-state index in [2.05, 4.69) is 9.71 Å². The first kappa shape index (κ1) is 12.8. The zero-order valence-corrected chi connectivity index (χ0v) is 11.0. The van der Waals surface area contributed by atoms with Gasteiger partial charge in [-0.05, 0) is 18.9 Å². The molecule has 1 aromatic rings. The van der Waals surface area contributed by atoms with E-state index in [1.807, 2.05) is 0 Å². The van der Waals surface area contributed by atoms with E-state index < -0.39 is 10.0 Å². The lowest BCUT2D eigenvalue weighted by Crippen LogP contribution is -2.36. The maximum atomic E-state index is 12.1. The molecule has 6 heteroatoms. The minimum Gasteiger partial charge on any atom is -0.263 e. The topological polar surface area (TPSA) is 59.1 Å². The van der Waals surface area contributed by atoms with Crippen LogP contribution in [0.2, 0.25) is 5.02 Å². The van der Waals surface area contributed by atoms with E-state index in [9.17, 15) is 8.42 Å². The molecule has 0 unspecified atom stereocenters. The monoisotopic (exact) mass is 274 g/mol. The van der Waals surface area contributed by atoms with Crippen molar-refractivity contribution >= 4 is 21.6 Å². The summed E-state index contributed by atoms with van der Waals surface area (Å²) in [4.78, 5) is 3.86. The number of nitrogens with one attached hydrogen (secondary N) is 1. The number of nitrogens with zero attached hydrogens (tertiary/aromatic N) is 1. The number of hydrogen-bond acceptors (Lipinski definition) is 3. The highest BCUT2D eigenvalue weighted by Crippen LogP contribution is 2.23. The van der Waals surface area contributed by atoms with Crippen molar-refractivity contribution < 1.29 is 8.42 Å². The van der Waals surface area contributed by atoms with Gasteiger partial charge in [-0.1, -0.05) is 30.9 Å². The van der Waals surface area contributed by atoms with Crippen LogP contribution in [0.4, 0.5) is 0 Å². The number of halogens is 1. The molecule has 0 atom stereocenters. The fourth-order valence-electron chi connectivity index (χ4n) is 2.06. The minimum atomic E-state index is -3.54. The highest BCUT2D eigenvalue weighted by atomic mass is 35.5. The van der Waals surface area contributed by atoms with Crippen molar-refractivity contribution in [2.24, 2.45) is 0 Å². The Bertz CT molecular complexity index is 484. The molecular formula is C11H15ClN2O2S. The summed E-state index contributed by atoms with van der Waals surface area (Å²) in [6.07, 6.45) is 7.90. The first-order valence-corrected chi connectivity index (χ1v) is 7.57. The molecule has 2 rings (SSSR count). The van der Waals surface area contributed by atoms with Gasteiger partial charge in [0.05, 0.1) is 5.02 Å². The minimum absolute atomic E-state index is 0.0324. The van der Waals surface area contributed by atoms with Gasteiger partial charge >= 0.3 is 0 Å². The second-order valence-corrected chi connectivity index (χ2v) is 6.35. The second kappa shape index (κ2) is 5.33. The van der Waals surface area contributed by atoms with Crippen molar-refractivity contribution in [3.8, 4) is 0 Å². The van der Waals surface area contributed by atoms with Gasteiger partial charge in [0.1, 0.15) is 4.90 Å². The third-order valence-electron chi connectivity index (χ3n) is 2.95.